The van der Waals surface area contributed by atoms with Crippen LogP contribution in [0.15, 0.2) is 18.6 Å². The van der Waals surface area contributed by atoms with E-state index in [1.165, 1.54) is 11.1 Å². The fourth-order valence-corrected chi connectivity index (χ4v) is 2.79. The lowest BCUT2D eigenvalue weighted by Gasteiger charge is -2.38. The van der Waals surface area contributed by atoms with Crippen LogP contribution in [0.3, 0.4) is 0 Å². The molecule has 0 aromatic carbocycles. The highest BCUT2D eigenvalue weighted by molar-refractivity contribution is 5.67. The quantitative estimate of drug-likeness (QED) is 0.873. The fraction of sp³-hybridized carbons (Fsp3) is 0.400. The Morgan fingerprint density at radius 3 is 2.79 bits per heavy atom. The van der Waals surface area contributed by atoms with Crippen LogP contribution in [0.2, 0.25) is 0 Å². The van der Waals surface area contributed by atoms with Crippen molar-refractivity contribution in [3.8, 4) is 17.3 Å². The SMILES string of the molecule is CC1CN(c2ncc(C#N)c(-c3cnn(C)c3)n2)CCN1C(=O)O. The number of carboxylic acid groups (broad SMARTS) is 1. The molecule has 0 aliphatic carbocycles. The van der Waals surface area contributed by atoms with Crippen molar-refractivity contribution < 1.29 is 9.90 Å². The van der Waals surface area contributed by atoms with Gasteiger partial charge in [0, 0.05) is 44.5 Å². The lowest BCUT2D eigenvalue weighted by atomic mass is 10.1. The van der Waals surface area contributed by atoms with Gasteiger partial charge in [-0.1, -0.05) is 0 Å². The number of aryl methyl sites for hydroxylation is 1. The molecule has 9 nitrogen and oxygen atoms in total. The number of carbonyl (C=O) groups is 1. The highest BCUT2D eigenvalue weighted by Gasteiger charge is 2.28. The second kappa shape index (κ2) is 6.16. The molecule has 1 aliphatic heterocycles. The zero-order valence-electron chi connectivity index (χ0n) is 13.4. The van der Waals surface area contributed by atoms with Gasteiger partial charge in [-0.25, -0.2) is 14.8 Å². The average Bonchev–Trinajstić information content (AvgIpc) is 3.00. The molecule has 124 valence electrons. The number of hydrogen-bond donors (Lipinski definition) is 1. The van der Waals surface area contributed by atoms with Crippen molar-refractivity contribution in [1.29, 1.82) is 5.26 Å². The minimum Gasteiger partial charge on any atom is -0.465 e. The first kappa shape index (κ1) is 15.7. The van der Waals surface area contributed by atoms with Crippen molar-refractivity contribution in [1.82, 2.24) is 24.6 Å². The van der Waals surface area contributed by atoms with Gasteiger partial charge in [-0.3, -0.25) is 4.68 Å². The predicted molar refractivity (Wildman–Crippen MR) is 85.4 cm³/mol. The summed E-state index contributed by atoms with van der Waals surface area (Å²) in [5, 5.41) is 22.6. The average molecular weight is 327 g/mol. The highest BCUT2D eigenvalue weighted by Crippen LogP contribution is 2.23. The maximum atomic E-state index is 11.2. The van der Waals surface area contributed by atoms with E-state index in [0.717, 1.165) is 5.56 Å². The molecular formula is C15H17N7O2. The van der Waals surface area contributed by atoms with Gasteiger partial charge in [0.25, 0.3) is 0 Å². The van der Waals surface area contributed by atoms with Crippen LogP contribution in [-0.4, -0.2) is 61.5 Å². The van der Waals surface area contributed by atoms with Crippen molar-refractivity contribution in [2.24, 2.45) is 7.05 Å². The summed E-state index contributed by atoms with van der Waals surface area (Å²) < 4.78 is 1.64. The largest absolute Gasteiger partial charge is 0.465 e. The van der Waals surface area contributed by atoms with Crippen LogP contribution in [0.25, 0.3) is 11.3 Å². The summed E-state index contributed by atoms with van der Waals surface area (Å²) in [6, 6.07) is 1.94. The van der Waals surface area contributed by atoms with Crippen molar-refractivity contribution in [3.63, 3.8) is 0 Å². The van der Waals surface area contributed by atoms with E-state index in [0.29, 0.717) is 36.8 Å². The van der Waals surface area contributed by atoms with E-state index in [9.17, 15) is 10.1 Å². The Balaban J connectivity index is 1.90. The van der Waals surface area contributed by atoms with Crippen LogP contribution >= 0.6 is 0 Å². The molecular weight excluding hydrogens is 310 g/mol. The molecule has 24 heavy (non-hydrogen) atoms. The van der Waals surface area contributed by atoms with E-state index >= 15 is 0 Å². The van der Waals surface area contributed by atoms with Crippen molar-refractivity contribution in [2.45, 2.75) is 13.0 Å². The molecule has 1 atom stereocenters. The second-order valence-electron chi connectivity index (χ2n) is 5.72. The maximum absolute atomic E-state index is 11.2. The normalized spacial score (nSPS) is 17.6. The highest BCUT2D eigenvalue weighted by atomic mass is 16.4. The lowest BCUT2D eigenvalue weighted by molar-refractivity contribution is 0.122. The maximum Gasteiger partial charge on any atom is 0.407 e. The summed E-state index contributed by atoms with van der Waals surface area (Å²) >= 11 is 0. The van der Waals surface area contributed by atoms with Gasteiger partial charge in [0.2, 0.25) is 5.95 Å². The predicted octanol–water partition coefficient (Wildman–Crippen LogP) is 0.937. The van der Waals surface area contributed by atoms with Crippen LogP contribution in [0.1, 0.15) is 12.5 Å². The van der Waals surface area contributed by atoms with Crippen LogP contribution < -0.4 is 4.90 Å². The Morgan fingerprint density at radius 1 is 1.42 bits per heavy atom. The standard InChI is InChI=1S/C15H17N7O2/c1-10-8-21(3-4-22(10)15(23)24)14-17-6-11(5-16)13(19-14)12-7-18-20(2)9-12/h6-7,9-10H,3-4,8H2,1-2H3,(H,23,24). The fourth-order valence-electron chi connectivity index (χ4n) is 2.79. The summed E-state index contributed by atoms with van der Waals surface area (Å²) in [5.74, 6) is 0.491. The van der Waals surface area contributed by atoms with Crippen molar-refractivity contribution in [3.05, 3.63) is 24.2 Å². The number of amides is 1. The third-order valence-corrected chi connectivity index (χ3v) is 4.03. The van der Waals surface area contributed by atoms with Crippen LogP contribution in [-0.2, 0) is 7.05 Å². The molecule has 9 heteroatoms. The Hall–Kier alpha value is -3.15. The molecule has 1 saturated heterocycles. The van der Waals surface area contributed by atoms with Gasteiger partial charge in [-0.05, 0) is 6.92 Å². The number of nitriles is 1. The molecule has 0 saturated carbocycles. The van der Waals surface area contributed by atoms with Crippen LogP contribution in [0.4, 0.5) is 10.7 Å². The minimum absolute atomic E-state index is 0.155. The summed E-state index contributed by atoms with van der Waals surface area (Å²) in [6.45, 7) is 3.26. The van der Waals surface area contributed by atoms with Crippen molar-refractivity contribution in [2.75, 3.05) is 24.5 Å². The minimum atomic E-state index is -0.918. The van der Waals surface area contributed by atoms with E-state index in [1.807, 2.05) is 11.8 Å². The third-order valence-electron chi connectivity index (χ3n) is 4.03. The van der Waals surface area contributed by atoms with E-state index in [1.54, 1.807) is 24.1 Å². The van der Waals surface area contributed by atoms with Gasteiger partial charge in [0.1, 0.15) is 6.07 Å². The van der Waals surface area contributed by atoms with E-state index in [4.69, 9.17) is 5.11 Å². The molecule has 3 rings (SSSR count). The molecule has 1 amide bonds. The van der Waals surface area contributed by atoms with Crippen LogP contribution in [0, 0.1) is 11.3 Å². The van der Waals surface area contributed by atoms with E-state index in [2.05, 4.69) is 21.1 Å². The Morgan fingerprint density at radius 2 is 2.21 bits per heavy atom. The second-order valence-corrected chi connectivity index (χ2v) is 5.72. The van der Waals surface area contributed by atoms with Gasteiger partial charge in [-0.15, -0.1) is 0 Å². The summed E-state index contributed by atoms with van der Waals surface area (Å²) in [5.41, 5.74) is 1.66. The molecule has 2 aromatic rings. The molecule has 0 radical (unpaired) electrons. The van der Waals surface area contributed by atoms with E-state index < -0.39 is 6.09 Å². The summed E-state index contributed by atoms with van der Waals surface area (Å²) in [4.78, 5) is 23.3. The molecule has 2 aromatic heterocycles. The van der Waals surface area contributed by atoms with Gasteiger partial charge in [0.15, 0.2) is 0 Å². The third kappa shape index (κ3) is 2.86. The topological polar surface area (TPSA) is 111 Å². The zero-order chi connectivity index (χ0) is 17.3. The number of nitrogens with zero attached hydrogens (tertiary/aromatic N) is 7. The van der Waals surface area contributed by atoms with Gasteiger partial charge >= 0.3 is 6.09 Å². The number of hydrogen-bond acceptors (Lipinski definition) is 6. The molecule has 0 bridgehead atoms. The number of piperazine rings is 1. The first-order chi connectivity index (χ1) is 11.5. The molecule has 3 heterocycles. The summed E-state index contributed by atoms with van der Waals surface area (Å²) in [7, 11) is 1.80. The van der Waals surface area contributed by atoms with Gasteiger partial charge < -0.3 is 14.9 Å². The first-order valence-corrected chi connectivity index (χ1v) is 7.50. The Bertz CT molecular complexity index is 810. The van der Waals surface area contributed by atoms with E-state index in [-0.39, 0.29) is 6.04 Å². The first-order valence-electron chi connectivity index (χ1n) is 7.50. The number of anilines is 1. The Kier molecular flexibility index (Phi) is 4.04. The zero-order valence-corrected chi connectivity index (χ0v) is 13.4. The lowest BCUT2D eigenvalue weighted by Crippen LogP contribution is -2.54. The number of rotatable bonds is 2. The smallest absolute Gasteiger partial charge is 0.407 e. The Labute approximate surface area is 138 Å². The molecule has 0 spiro atoms. The number of aromatic nitrogens is 4. The van der Waals surface area contributed by atoms with Crippen molar-refractivity contribution >= 4 is 12.0 Å². The van der Waals surface area contributed by atoms with Gasteiger partial charge in [-0.2, -0.15) is 10.4 Å². The monoisotopic (exact) mass is 327 g/mol. The molecule has 1 fully saturated rings. The van der Waals surface area contributed by atoms with Gasteiger partial charge in [0.05, 0.1) is 23.7 Å². The molecule has 1 N–H and O–H groups in total. The van der Waals surface area contributed by atoms with Crippen LogP contribution in [0.5, 0.6) is 0 Å². The molecule has 1 unspecified atom stereocenters. The molecule has 1 aliphatic rings. The summed E-state index contributed by atoms with van der Waals surface area (Å²) in [6.07, 6.45) is 4.02.